The molecular weight excluding hydrogens is 201 g/mol. The van der Waals surface area contributed by atoms with Crippen molar-refractivity contribution in [3.63, 3.8) is 0 Å². The minimum atomic E-state index is 0.504. The van der Waals surface area contributed by atoms with E-state index in [1.54, 1.807) is 0 Å². The summed E-state index contributed by atoms with van der Waals surface area (Å²) in [4.78, 5) is 0. The van der Waals surface area contributed by atoms with Crippen LogP contribution in [0.15, 0.2) is 0 Å². The van der Waals surface area contributed by atoms with Crippen LogP contribution in [0.5, 0.6) is 0 Å². The van der Waals surface area contributed by atoms with Gasteiger partial charge in [-0.2, -0.15) is 0 Å². The first-order valence-corrected chi connectivity index (χ1v) is 4.99. The minimum absolute atomic E-state index is 0.504. The Morgan fingerprint density at radius 3 is 2.43 bits per heavy atom. The van der Waals surface area contributed by atoms with Crippen molar-refractivity contribution in [3.05, 3.63) is 0 Å². The third-order valence-electron chi connectivity index (χ3n) is 0.745. The van der Waals surface area contributed by atoms with Crippen molar-refractivity contribution in [2.75, 3.05) is 0 Å². The molecule has 0 aromatic rings. The van der Waals surface area contributed by atoms with Crippen LogP contribution in [-0.4, -0.2) is 14.1 Å². The maximum Gasteiger partial charge on any atom is 0.0784 e. The zero-order chi connectivity index (χ0) is 5.28. The van der Waals surface area contributed by atoms with Gasteiger partial charge in [0.15, 0.2) is 0 Å². The molecule has 1 aliphatic heterocycles. The summed E-state index contributed by atoms with van der Waals surface area (Å²) >= 11 is 0.504. The van der Waals surface area contributed by atoms with Gasteiger partial charge < -0.3 is 5.32 Å². The first kappa shape index (κ1) is 5.69. The van der Waals surface area contributed by atoms with Gasteiger partial charge in [-0.3, -0.25) is 0 Å². The highest BCUT2D eigenvalue weighted by Crippen LogP contribution is 2.18. The minimum Gasteiger partial charge on any atom is -0.300 e. The van der Waals surface area contributed by atoms with E-state index in [1.165, 1.54) is 0 Å². The summed E-state index contributed by atoms with van der Waals surface area (Å²) in [5.41, 5.74) is 0. The molecule has 0 saturated heterocycles. The van der Waals surface area contributed by atoms with Crippen LogP contribution >= 0.6 is 20.7 Å². The molecule has 42 valence electrons. The standard InChI is InChI=1S/C5H10IN/c1-4(2)7-5-3-6-5/h3-5,7H,1-2H3. The van der Waals surface area contributed by atoms with Crippen molar-refractivity contribution in [2.45, 2.75) is 23.9 Å². The molecule has 1 heterocycles. The number of hydrogen-bond donors (Lipinski definition) is 1. The summed E-state index contributed by atoms with van der Waals surface area (Å²) in [5.74, 6) is 0. The first-order chi connectivity index (χ1) is 3.29. The average Bonchev–Trinajstić information content (AvgIpc) is 2.17. The average molecular weight is 211 g/mol. The van der Waals surface area contributed by atoms with E-state index in [2.05, 4.69) is 23.2 Å². The van der Waals surface area contributed by atoms with Gasteiger partial charge in [-0.1, -0.05) is 0 Å². The third-order valence-corrected chi connectivity index (χ3v) is 2.54. The van der Waals surface area contributed by atoms with Crippen molar-refractivity contribution in [3.8, 4) is 0 Å². The van der Waals surface area contributed by atoms with Gasteiger partial charge in [0.1, 0.15) is 0 Å². The summed E-state index contributed by atoms with van der Waals surface area (Å²) < 4.78 is 3.25. The van der Waals surface area contributed by atoms with E-state index in [0.29, 0.717) is 26.8 Å². The molecule has 1 aliphatic rings. The second kappa shape index (κ2) is 2.22. The molecule has 1 N–H and O–H groups in total. The van der Waals surface area contributed by atoms with E-state index in [9.17, 15) is 0 Å². The summed E-state index contributed by atoms with van der Waals surface area (Å²) in [5, 5.41) is 3.41. The molecular formula is C5H10IN. The van der Waals surface area contributed by atoms with Crippen LogP contribution in [-0.2, 0) is 0 Å². The third kappa shape index (κ3) is 2.39. The van der Waals surface area contributed by atoms with Gasteiger partial charge in [0.2, 0.25) is 0 Å². The normalized spacial score (nSPS) is 27.6. The van der Waals surface area contributed by atoms with E-state index >= 15 is 0 Å². The second-order valence-corrected chi connectivity index (χ2v) is 4.76. The summed E-state index contributed by atoms with van der Waals surface area (Å²) in [6, 6.07) is 0.684. The SMILES string of the molecule is CC(C)NC1C=I1. The molecule has 0 amide bonds. The van der Waals surface area contributed by atoms with Gasteiger partial charge in [0.05, 0.1) is 4.05 Å². The Bertz CT molecular complexity index is 82.1. The number of alkyl halides is 1. The number of rotatable bonds is 2. The zero-order valence-electron chi connectivity index (χ0n) is 4.61. The molecule has 1 nitrogen and oxygen atoms in total. The van der Waals surface area contributed by atoms with Crippen LogP contribution in [0.1, 0.15) is 13.8 Å². The predicted molar refractivity (Wildman–Crippen MR) is 42.1 cm³/mol. The van der Waals surface area contributed by atoms with Crippen LogP contribution in [0.4, 0.5) is 0 Å². The van der Waals surface area contributed by atoms with Crippen LogP contribution in [0.25, 0.3) is 0 Å². The Labute approximate surface area is 54.2 Å². The van der Waals surface area contributed by atoms with E-state index < -0.39 is 0 Å². The molecule has 1 rings (SSSR count). The number of hydrogen-bond acceptors (Lipinski definition) is 1. The molecule has 0 bridgehead atoms. The lowest BCUT2D eigenvalue weighted by Crippen LogP contribution is -2.25. The molecule has 0 aromatic carbocycles. The molecule has 2 heteroatoms. The molecule has 7 heavy (non-hydrogen) atoms. The van der Waals surface area contributed by atoms with Crippen LogP contribution < -0.4 is 5.32 Å². The molecule has 0 fully saturated rings. The lowest BCUT2D eigenvalue weighted by Gasteiger charge is -2.02. The number of nitrogens with one attached hydrogen (secondary N) is 1. The van der Waals surface area contributed by atoms with Gasteiger partial charge in [0.25, 0.3) is 0 Å². The Morgan fingerprint density at radius 2 is 2.29 bits per heavy atom. The highest BCUT2D eigenvalue weighted by Gasteiger charge is 2.10. The molecule has 0 spiro atoms. The van der Waals surface area contributed by atoms with E-state index in [4.69, 9.17) is 0 Å². The van der Waals surface area contributed by atoms with E-state index in [1.807, 2.05) is 0 Å². The van der Waals surface area contributed by atoms with Crippen molar-refractivity contribution in [1.82, 2.24) is 5.32 Å². The van der Waals surface area contributed by atoms with Gasteiger partial charge in [-0.25, -0.2) is 0 Å². The van der Waals surface area contributed by atoms with Gasteiger partial charge >= 0.3 is 0 Å². The Balaban J connectivity index is 1.99. The quantitative estimate of drug-likeness (QED) is 0.409. The summed E-state index contributed by atoms with van der Waals surface area (Å²) in [6.45, 7) is 4.38. The van der Waals surface area contributed by atoms with Gasteiger partial charge in [0, 0.05) is 6.04 Å². The van der Waals surface area contributed by atoms with Crippen molar-refractivity contribution in [2.24, 2.45) is 0 Å². The zero-order valence-corrected chi connectivity index (χ0v) is 6.77. The molecule has 0 saturated carbocycles. The van der Waals surface area contributed by atoms with Gasteiger partial charge in [-0.15, -0.1) is 20.7 Å². The van der Waals surface area contributed by atoms with Crippen LogP contribution in [0.2, 0.25) is 0 Å². The van der Waals surface area contributed by atoms with Crippen molar-refractivity contribution in [1.29, 1.82) is 0 Å². The van der Waals surface area contributed by atoms with Crippen molar-refractivity contribution >= 4 is 24.7 Å². The lowest BCUT2D eigenvalue weighted by molar-refractivity contribution is 0.640. The fraction of sp³-hybridized carbons (Fsp3) is 0.800. The molecule has 0 aromatic heterocycles. The molecule has 1 unspecified atom stereocenters. The highest BCUT2D eigenvalue weighted by molar-refractivity contribution is 14.2. The van der Waals surface area contributed by atoms with Crippen molar-refractivity contribution < 1.29 is 0 Å². The summed E-state index contributed by atoms with van der Waals surface area (Å²) in [6.07, 6.45) is 0. The van der Waals surface area contributed by atoms with Gasteiger partial charge in [-0.05, 0) is 17.9 Å². The molecule has 1 atom stereocenters. The highest BCUT2D eigenvalue weighted by atomic mass is 127. The largest absolute Gasteiger partial charge is 0.300 e. The number of halogens is 1. The first-order valence-electron chi connectivity index (χ1n) is 2.50. The lowest BCUT2D eigenvalue weighted by atomic mass is 10.4. The maximum absolute atomic E-state index is 3.41. The van der Waals surface area contributed by atoms with Crippen LogP contribution in [0.3, 0.4) is 0 Å². The van der Waals surface area contributed by atoms with E-state index in [-0.39, 0.29) is 0 Å². The maximum atomic E-state index is 3.41. The molecule has 0 radical (unpaired) electrons. The second-order valence-electron chi connectivity index (χ2n) is 1.98. The fourth-order valence-electron chi connectivity index (χ4n) is 0.428. The Morgan fingerprint density at radius 1 is 1.71 bits per heavy atom. The Kier molecular flexibility index (Phi) is 1.80. The topological polar surface area (TPSA) is 12.0 Å². The monoisotopic (exact) mass is 211 g/mol. The predicted octanol–water partition coefficient (Wildman–Crippen LogP) is 1.10. The molecule has 0 aliphatic carbocycles. The fourth-order valence-corrected chi connectivity index (χ4v) is 1.77. The van der Waals surface area contributed by atoms with E-state index in [0.717, 1.165) is 4.05 Å². The van der Waals surface area contributed by atoms with Crippen LogP contribution in [0, 0.1) is 0 Å². The summed E-state index contributed by atoms with van der Waals surface area (Å²) in [7, 11) is 0. The smallest absolute Gasteiger partial charge is 0.0784 e. The Hall–Kier alpha value is 0.560.